The Kier molecular flexibility index (Phi) is 5.74. The van der Waals surface area contributed by atoms with E-state index < -0.39 is 0 Å². The first-order valence-electron chi connectivity index (χ1n) is 7.01. The van der Waals surface area contributed by atoms with Crippen LogP contribution in [-0.4, -0.2) is 23.1 Å². The summed E-state index contributed by atoms with van der Waals surface area (Å²) in [5.41, 5.74) is 0.627. The van der Waals surface area contributed by atoms with Gasteiger partial charge in [0.2, 0.25) is 5.91 Å². The van der Waals surface area contributed by atoms with E-state index >= 15 is 0 Å². The molecular weight excluding hydrogens is 324 g/mol. The monoisotopic (exact) mass is 340 g/mol. The van der Waals surface area contributed by atoms with E-state index in [1.807, 2.05) is 13.0 Å². The molecule has 1 aromatic carbocycles. The Labute approximate surface area is 139 Å². The fourth-order valence-corrected chi connectivity index (χ4v) is 2.69. The molecule has 0 aromatic heterocycles. The maximum Gasteiger partial charge on any atom is 0.309 e. The van der Waals surface area contributed by atoms with Crippen molar-refractivity contribution in [3.05, 3.63) is 29.3 Å². The lowest BCUT2D eigenvalue weighted by molar-refractivity contribution is -0.143. The molecule has 1 heterocycles. The van der Waals surface area contributed by atoms with E-state index in [0.29, 0.717) is 23.6 Å². The van der Waals surface area contributed by atoms with Gasteiger partial charge in [0, 0.05) is 6.42 Å². The number of hydrogen-bond acceptors (Lipinski definition) is 4. The summed E-state index contributed by atoms with van der Waals surface area (Å²) in [5, 5.41) is 6.13. The van der Waals surface area contributed by atoms with E-state index in [1.54, 1.807) is 18.2 Å². The molecule has 1 saturated heterocycles. The first-order valence-corrected chi connectivity index (χ1v) is 7.80. The molecule has 0 aliphatic carbocycles. The Morgan fingerprint density at radius 2 is 2.18 bits per heavy atom. The minimum Gasteiger partial charge on any atom is -0.462 e. The van der Waals surface area contributed by atoms with Crippen LogP contribution >= 0.6 is 23.8 Å². The van der Waals surface area contributed by atoms with Gasteiger partial charge >= 0.3 is 5.97 Å². The zero-order valence-corrected chi connectivity index (χ0v) is 13.7. The van der Waals surface area contributed by atoms with Crippen molar-refractivity contribution in [1.29, 1.82) is 0 Å². The van der Waals surface area contributed by atoms with Crippen LogP contribution in [0.2, 0.25) is 5.02 Å². The Morgan fingerprint density at radius 1 is 1.45 bits per heavy atom. The number of para-hydroxylation sites is 1. The summed E-state index contributed by atoms with van der Waals surface area (Å²) in [6.07, 6.45) is 1.28. The molecule has 1 fully saturated rings. The van der Waals surface area contributed by atoms with Crippen molar-refractivity contribution < 1.29 is 14.3 Å². The second kappa shape index (κ2) is 7.56. The van der Waals surface area contributed by atoms with Crippen molar-refractivity contribution in [3.8, 4) is 0 Å². The highest BCUT2D eigenvalue weighted by atomic mass is 35.5. The molecule has 0 bridgehead atoms. The molecule has 1 aliphatic heterocycles. The first-order chi connectivity index (χ1) is 10.5. The topological polar surface area (TPSA) is 67.4 Å². The zero-order chi connectivity index (χ0) is 16.1. The van der Waals surface area contributed by atoms with Crippen molar-refractivity contribution in [1.82, 2.24) is 5.32 Å². The second-order valence-electron chi connectivity index (χ2n) is 5.20. The summed E-state index contributed by atoms with van der Waals surface area (Å²) in [4.78, 5) is 23.3. The number of anilines is 1. The predicted octanol–water partition coefficient (Wildman–Crippen LogP) is 2.88. The van der Waals surface area contributed by atoms with Crippen molar-refractivity contribution in [2.75, 3.05) is 5.32 Å². The highest BCUT2D eigenvalue weighted by molar-refractivity contribution is 7.80. The van der Waals surface area contributed by atoms with Crippen LogP contribution in [0.15, 0.2) is 24.3 Å². The van der Waals surface area contributed by atoms with Crippen molar-refractivity contribution >= 4 is 46.5 Å². The lowest BCUT2D eigenvalue weighted by atomic mass is 9.99. The number of rotatable bonds is 4. The summed E-state index contributed by atoms with van der Waals surface area (Å²) in [6.45, 7) is 1.85. The van der Waals surface area contributed by atoms with Gasteiger partial charge in [-0.15, -0.1) is 0 Å². The quantitative estimate of drug-likeness (QED) is 0.651. The number of carbonyl (C=O) groups excluding carboxylic acids is 2. The molecule has 0 radical (unpaired) electrons. The number of ether oxygens (including phenoxy) is 1. The third kappa shape index (κ3) is 4.68. The third-order valence-corrected chi connectivity index (χ3v) is 3.90. The van der Waals surface area contributed by atoms with Gasteiger partial charge in [-0.25, -0.2) is 0 Å². The third-order valence-electron chi connectivity index (χ3n) is 3.36. The van der Waals surface area contributed by atoms with Gasteiger partial charge < -0.3 is 15.4 Å². The van der Waals surface area contributed by atoms with Gasteiger partial charge in [-0.05, 0) is 44.1 Å². The molecule has 7 heteroatoms. The molecule has 1 amide bonds. The number of hydrogen-bond donors (Lipinski definition) is 2. The summed E-state index contributed by atoms with van der Waals surface area (Å²) in [6, 6.07) is 7.10. The molecule has 2 N–H and O–H groups in total. The van der Waals surface area contributed by atoms with Crippen molar-refractivity contribution in [2.45, 2.75) is 32.3 Å². The van der Waals surface area contributed by atoms with E-state index in [0.717, 1.165) is 0 Å². The average Bonchev–Trinajstić information content (AvgIpc) is 2.77. The molecule has 1 aliphatic rings. The SMILES string of the molecule is C[C@H]1C[C@@H](CCC(=O)NC(=S)Nc2ccccc2Cl)C(=O)O1. The fraction of sp³-hybridized carbons (Fsp3) is 0.400. The molecule has 22 heavy (non-hydrogen) atoms. The fourth-order valence-electron chi connectivity index (χ4n) is 2.29. The smallest absolute Gasteiger partial charge is 0.309 e. The molecule has 2 atom stereocenters. The Bertz CT molecular complexity index is 594. The summed E-state index contributed by atoms with van der Waals surface area (Å²) in [7, 11) is 0. The van der Waals surface area contributed by atoms with Gasteiger partial charge in [0.25, 0.3) is 0 Å². The van der Waals surface area contributed by atoms with Gasteiger partial charge in [-0.2, -0.15) is 0 Å². The highest BCUT2D eigenvalue weighted by Gasteiger charge is 2.31. The van der Waals surface area contributed by atoms with E-state index in [9.17, 15) is 9.59 Å². The van der Waals surface area contributed by atoms with E-state index in [4.69, 9.17) is 28.6 Å². The van der Waals surface area contributed by atoms with Crippen LogP contribution in [0.25, 0.3) is 0 Å². The average molecular weight is 341 g/mol. The zero-order valence-electron chi connectivity index (χ0n) is 12.1. The number of halogens is 1. The molecular formula is C15H17ClN2O3S. The molecule has 0 unspecified atom stereocenters. The van der Waals surface area contributed by atoms with Crippen molar-refractivity contribution in [2.24, 2.45) is 5.92 Å². The van der Waals surface area contributed by atoms with Gasteiger partial charge in [-0.1, -0.05) is 23.7 Å². The number of nitrogens with one attached hydrogen (secondary N) is 2. The summed E-state index contributed by atoms with van der Waals surface area (Å²) < 4.78 is 5.06. The van der Waals surface area contributed by atoms with Gasteiger partial charge in [0.1, 0.15) is 0 Å². The maximum atomic E-state index is 11.8. The molecule has 1 aromatic rings. The number of esters is 1. The lowest BCUT2D eigenvalue weighted by Crippen LogP contribution is -2.34. The van der Waals surface area contributed by atoms with Crippen LogP contribution in [0, 0.1) is 5.92 Å². The first kappa shape index (κ1) is 16.7. The lowest BCUT2D eigenvalue weighted by Gasteiger charge is -2.11. The minimum absolute atomic E-state index is 0.0662. The van der Waals surface area contributed by atoms with Crippen LogP contribution < -0.4 is 10.6 Å². The van der Waals surface area contributed by atoms with Crippen LogP contribution in [0.3, 0.4) is 0 Å². The predicted molar refractivity (Wildman–Crippen MR) is 88.7 cm³/mol. The maximum absolute atomic E-state index is 11.8. The highest BCUT2D eigenvalue weighted by Crippen LogP contribution is 2.24. The number of thiocarbonyl (C=S) groups is 1. The molecule has 5 nitrogen and oxygen atoms in total. The van der Waals surface area contributed by atoms with Gasteiger partial charge in [0.15, 0.2) is 5.11 Å². The van der Waals surface area contributed by atoms with Gasteiger partial charge in [0.05, 0.1) is 22.7 Å². The summed E-state index contributed by atoms with van der Waals surface area (Å²) in [5.74, 6) is -0.667. The largest absolute Gasteiger partial charge is 0.462 e. The minimum atomic E-state index is -0.239. The Morgan fingerprint density at radius 3 is 2.82 bits per heavy atom. The standard InChI is InChI=1S/C15H17ClN2O3S/c1-9-8-10(14(20)21-9)6-7-13(19)18-15(22)17-12-5-3-2-4-11(12)16/h2-5,9-10H,6-8H2,1H3,(H2,17,18,19,22)/t9-,10+/m0/s1. The van der Waals surface area contributed by atoms with Crippen LogP contribution in [0.4, 0.5) is 5.69 Å². The van der Waals surface area contributed by atoms with Gasteiger partial charge in [-0.3, -0.25) is 9.59 Å². The van der Waals surface area contributed by atoms with Crippen LogP contribution in [-0.2, 0) is 14.3 Å². The Balaban J connectivity index is 1.76. The second-order valence-corrected chi connectivity index (χ2v) is 6.02. The molecule has 118 valence electrons. The molecule has 0 saturated carbocycles. The number of cyclic esters (lactones) is 1. The van der Waals surface area contributed by atoms with Crippen LogP contribution in [0.1, 0.15) is 26.2 Å². The number of carbonyl (C=O) groups is 2. The van der Waals surface area contributed by atoms with Crippen LogP contribution in [0.5, 0.6) is 0 Å². The van der Waals surface area contributed by atoms with E-state index in [1.165, 1.54) is 0 Å². The molecule has 2 rings (SSSR count). The Hall–Kier alpha value is -1.66. The van der Waals surface area contributed by atoms with E-state index in [2.05, 4.69) is 10.6 Å². The van der Waals surface area contributed by atoms with E-state index in [-0.39, 0.29) is 35.4 Å². The number of benzene rings is 1. The number of amides is 1. The molecule has 0 spiro atoms. The van der Waals surface area contributed by atoms with Crippen molar-refractivity contribution in [3.63, 3.8) is 0 Å². The normalized spacial score (nSPS) is 20.4. The summed E-state index contributed by atoms with van der Waals surface area (Å²) >= 11 is 11.1.